The third-order valence-electron chi connectivity index (χ3n) is 3.14. The maximum Gasteiger partial charge on any atom is 0.343 e. The molecule has 1 saturated heterocycles. The van der Waals surface area contributed by atoms with Crippen LogP contribution in [-0.4, -0.2) is 16.6 Å². The summed E-state index contributed by atoms with van der Waals surface area (Å²) in [7, 11) is 0. The Kier molecular flexibility index (Phi) is 4.92. The minimum atomic E-state index is -0.650. The number of thioether (sulfide) groups is 1. The van der Waals surface area contributed by atoms with Gasteiger partial charge in [-0.05, 0) is 42.0 Å². The van der Waals surface area contributed by atoms with Gasteiger partial charge in [-0.3, -0.25) is 4.79 Å². The molecule has 1 aliphatic heterocycles. The zero-order valence-corrected chi connectivity index (χ0v) is 13.9. The van der Waals surface area contributed by atoms with Gasteiger partial charge in [0.05, 0.1) is 10.5 Å². The standard InChI is InChI=1S/C17H12FNO3S2/c18-12-5-2-4-11(9-12)16(21)22-13-6-1-3-10(7-13)8-14-15(20)19-17(23)24-14/h1-9,17,23H,(H,19,20)/b14-8-. The number of halogens is 1. The number of rotatable bonds is 3. The summed E-state index contributed by atoms with van der Waals surface area (Å²) < 4.78 is 18.1. The quantitative estimate of drug-likeness (QED) is 0.380. The summed E-state index contributed by atoms with van der Waals surface area (Å²) in [5.41, 5.74) is 0.835. The van der Waals surface area contributed by atoms with Crippen LogP contribution in [0.1, 0.15) is 15.9 Å². The van der Waals surface area contributed by atoms with Gasteiger partial charge in [0.25, 0.3) is 5.91 Å². The van der Waals surface area contributed by atoms with Gasteiger partial charge in [0.2, 0.25) is 0 Å². The second kappa shape index (κ2) is 7.11. The lowest BCUT2D eigenvalue weighted by molar-refractivity contribution is -0.116. The van der Waals surface area contributed by atoms with Crippen LogP contribution in [0, 0.1) is 5.82 Å². The first-order valence-corrected chi connectivity index (χ1v) is 8.36. The van der Waals surface area contributed by atoms with Gasteiger partial charge in [-0.1, -0.05) is 30.0 Å². The first kappa shape index (κ1) is 16.6. The molecule has 1 unspecified atom stereocenters. The van der Waals surface area contributed by atoms with Crippen molar-refractivity contribution in [3.05, 3.63) is 70.4 Å². The lowest BCUT2D eigenvalue weighted by atomic mass is 10.2. The number of benzene rings is 2. The molecule has 1 amide bonds. The molecule has 2 aromatic carbocycles. The first-order valence-electron chi connectivity index (χ1n) is 6.96. The Morgan fingerprint density at radius 3 is 2.75 bits per heavy atom. The van der Waals surface area contributed by atoms with Crippen LogP contribution in [0.2, 0.25) is 0 Å². The van der Waals surface area contributed by atoms with Crippen LogP contribution in [0.4, 0.5) is 4.39 Å². The molecule has 0 aromatic heterocycles. The van der Waals surface area contributed by atoms with E-state index in [0.717, 1.165) is 6.07 Å². The van der Waals surface area contributed by atoms with Gasteiger partial charge < -0.3 is 10.1 Å². The fraction of sp³-hybridized carbons (Fsp3) is 0.0588. The molecule has 1 aliphatic rings. The highest BCUT2D eigenvalue weighted by molar-refractivity contribution is 8.14. The summed E-state index contributed by atoms with van der Waals surface area (Å²) in [5.74, 6) is -1.04. The van der Waals surface area contributed by atoms with E-state index >= 15 is 0 Å². The van der Waals surface area contributed by atoms with E-state index in [9.17, 15) is 14.0 Å². The van der Waals surface area contributed by atoms with Crippen molar-refractivity contribution in [1.29, 1.82) is 0 Å². The lowest BCUT2D eigenvalue weighted by Gasteiger charge is -2.05. The number of esters is 1. The highest BCUT2D eigenvalue weighted by Gasteiger charge is 2.24. The number of amides is 1. The monoisotopic (exact) mass is 361 g/mol. The maximum absolute atomic E-state index is 13.2. The molecule has 24 heavy (non-hydrogen) atoms. The van der Waals surface area contributed by atoms with Gasteiger partial charge in [-0.25, -0.2) is 9.18 Å². The van der Waals surface area contributed by atoms with Crippen LogP contribution in [-0.2, 0) is 4.79 Å². The number of carbonyl (C=O) groups excluding carboxylic acids is 2. The molecular weight excluding hydrogens is 349 g/mol. The number of nitrogens with one attached hydrogen (secondary N) is 1. The van der Waals surface area contributed by atoms with Crippen LogP contribution < -0.4 is 10.1 Å². The average molecular weight is 361 g/mol. The van der Waals surface area contributed by atoms with Crippen molar-refractivity contribution in [2.24, 2.45) is 0 Å². The molecule has 7 heteroatoms. The van der Waals surface area contributed by atoms with E-state index in [4.69, 9.17) is 4.74 Å². The Hall–Kier alpha value is -2.25. The third-order valence-corrected chi connectivity index (χ3v) is 4.49. The van der Waals surface area contributed by atoms with Crippen molar-refractivity contribution in [1.82, 2.24) is 5.32 Å². The molecule has 122 valence electrons. The summed E-state index contributed by atoms with van der Waals surface area (Å²) in [6, 6.07) is 12.0. The van der Waals surface area contributed by atoms with Crippen molar-refractivity contribution in [3.8, 4) is 5.75 Å². The van der Waals surface area contributed by atoms with Gasteiger partial charge in [-0.2, -0.15) is 0 Å². The van der Waals surface area contributed by atoms with E-state index in [1.807, 2.05) is 0 Å². The summed E-state index contributed by atoms with van der Waals surface area (Å²) in [5, 5.41) is 2.66. The zero-order chi connectivity index (χ0) is 17.1. The Labute approximate surface area is 147 Å². The molecule has 0 radical (unpaired) electrons. The summed E-state index contributed by atoms with van der Waals surface area (Å²) in [6.45, 7) is 0. The van der Waals surface area contributed by atoms with Crippen molar-refractivity contribution in [3.63, 3.8) is 0 Å². The van der Waals surface area contributed by atoms with E-state index < -0.39 is 11.8 Å². The molecule has 1 atom stereocenters. The fourth-order valence-electron chi connectivity index (χ4n) is 2.09. The van der Waals surface area contributed by atoms with E-state index in [-0.39, 0.29) is 16.2 Å². The zero-order valence-electron chi connectivity index (χ0n) is 12.2. The molecule has 2 aromatic rings. The minimum Gasteiger partial charge on any atom is -0.423 e. The largest absolute Gasteiger partial charge is 0.423 e. The van der Waals surface area contributed by atoms with Crippen LogP contribution in [0.25, 0.3) is 6.08 Å². The molecular formula is C17H12FNO3S2. The Bertz CT molecular complexity index is 838. The molecule has 1 fully saturated rings. The molecule has 0 bridgehead atoms. The Balaban J connectivity index is 1.77. The van der Waals surface area contributed by atoms with Gasteiger partial charge in [-0.15, -0.1) is 12.6 Å². The molecule has 3 rings (SSSR count). The average Bonchev–Trinajstić information content (AvgIpc) is 2.85. The second-order valence-electron chi connectivity index (χ2n) is 4.92. The van der Waals surface area contributed by atoms with Gasteiger partial charge in [0.1, 0.15) is 16.3 Å². The molecule has 0 aliphatic carbocycles. The second-order valence-corrected chi connectivity index (χ2v) is 6.94. The van der Waals surface area contributed by atoms with E-state index in [1.165, 1.54) is 30.0 Å². The van der Waals surface area contributed by atoms with Gasteiger partial charge >= 0.3 is 5.97 Å². The Morgan fingerprint density at radius 2 is 2.04 bits per heavy atom. The summed E-state index contributed by atoms with van der Waals surface area (Å²) in [4.78, 5) is 24.3. The molecule has 1 N–H and O–H groups in total. The SMILES string of the molecule is O=C1NC(S)S/C1=C\c1cccc(OC(=O)c2cccc(F)c2)c1. The highest BCUT2D eigenvalue weighted by Crippen LogP contribution is 2.31. The van der Waals surface area contributed by atoms with Gasteiger partial charge in [0, 0.05) is 0 Å². The molecule has 1 heterocycles. The normalized spacial score (nSPS) is 18.5. The Morgan fingerprint density at radius 1 is 1.25 bits per heavy atom. The van der Waals surface area contributed by atoms with E-state index in [1.54, 1.807) is 30.3 Å². The maximum atomic E-state index is 13.2. The predicted molar refractivity (Wildman–Crippen MR) is 94.3 cm³/mol. The van der Waals surface area contributed by atoms with Gasteiger partial charge in [0.15, 0.2) is 0 Å². The number of hydrogen-bond acceptors (Lipinski definition) is 5. The fourth-order valence-corrected chi connectivity index (χ4v) is 3.32. The van der Waals surface area contributed by atoms with Crippen molar-refractivity contribution < 1.29 is 18.7 Å². The third kappa shape index (κ3) is 3.98. The number of ether oxygens (including phenoxy) is 1. The predicted octanol–water partition coefficient (Wildman–Crippen LogP) is 3.46. The van der Waals surface area contributed by atoms with Crippen LogP contribution >= 0.6 is 24.4 Å². The number of carbonyl (C=O) groups is 2. The van der Waals surface area contributed by atoms with E-state index in [2.05, 4.69) is 17.9 Å². The van der Waals surface area contributed by atoms with Crippen LogP contribution in [0.3, 0.4) is 0 Å². The van der Waals surface area contributed by atoms with Crippen molar-refractivity contribution >= 4 is 42.3 Å². The van der Waals surface area contributed by atoms with Crippen LogP contribution in [0.15, 0.2) is 53.4 Å². The summed E-state index contributed by atoms with van der Waals surface area (Å²) in [6.07, 6.45) is 1.69. The van der Waals surface area contributed by atoms with Crippen LogP contribution in [0.5, 0.6) is 5.75 Å². The van der Waals surface area contributed by atoms with Crippen molar-refractivity contribution in [2.45, 2.75) is 4.71 Å². The first-order chi connectivity index (χ1) is 11.5. The number of hydrogen-bond donors (Lipinski definition) is 2. The highest BCUT2D eigenvalue weighted by atomic mass is 32.2. The molecule has 0 spiro atoms. The smallest absolute Gasteiger partial charge is 0.343 e. The summed E-state index contributed by atoms with van der Waals surface area (Å²) >= 11 is 5.48. The topological polar surface area (TPSA) is 55.4 Å². The molecule has 0 saturated carbocycles. The number of thiol groups is 1. The van der Waals surface area contributed by atoms with E-state index in [0.29, 0.717) is 16.2 Å². The van der Waals surface area contributed by atoms with Crippen molar-refractivity contribution in [2.75, 3.05) is 0 Å². The lowest BCUT2D eigenvalue weighted by Crippen LogP contribution is -2.19. The molecule has 4 nitrogen and oxygen atoms in total. The minimum absolute atomic E-state index is 0.127.